The molecule has 20 nitrogen and oxygen atoms in total. The Morgan fingerprint density at radius 2 is 1.36 bits per heavy atom. The largest absolute Gasteiger partial charge is 0.508 e. The van der Waals surface area contributed by atoms with Gasteiger partial charge in [0.05, 0.1) is 18.8 Å². The number of nitrogens with zero attached hydrogens (tertiary/aromatic N) is 2. The molecule has 0 radical (unpaired) electrons. The summed E-state index contributed by atoms with van der Waals surface area (Å²) in [6.45, 7) is 1.58. The number of aliphatic carboxylic acids is 1. The monoisotopic (exact) mass is 671 g/mol. The topological polar surface area (TPSA) is 338 Å². The van der Waals surface area contributed by atoms with E-state index in [0.29, 0.717) is 0 Å². The zero-order valence-corrected chi connectivity index (χ0v) is 25.3. The number of rotatable bonds is 15. The molecule has 4 amide bonds. The third-order valence-electron chi connectivity index (χ3n) is 5.88. The number of nitrogens with one attached hydrogen (secondary N) is 2. The van der Waals surface area contributed by atoms with Crippen LogP contribution in [0.25, 0.3) is 0 Å². The summed E-state index contributed by atoms with van der Waals surface area (Å²) in [6.07, 6.45) is -3.06. The highest BCUT2D eigenvalue weighted by Crippen LogP contribution is 2.47. The molecule has 1 aromatic rings. The minimum Gasteiger partial charge on any atom is -0.508 e. The third-order valence-corrected chi connectivity index (χ3v) is 7.93. The van der Waals surface area contributed by atoms with Crippen molar-refractivity contribution in [1.29, 1.82) is 0 Å². The van der Waals surface area contributed by atoms with Gasteiger partial charge in [0, 0.05) is 6.42 Å². The van der Waals surface area contributed by atoms with Gasteiger partial charge in [0.15, 0.2) is 0 Å². The lowest BCUT2D eigenvalue weighted by atomic mass is 10.0. The number of benzene rings is 1. The van der Waals surface area contributed by atoms with Crippen LogP contribution in [0.4, 0.5) is 0 Å². The molecule has 248 valence electrons. The van der Waals surface area contributed by atoms with Crippen LogP contribution in [-0.2, 0) is 39.5 Å². The number of aliphatic hydroxyl groups is 2. The Hall–Kier alpha value is -3.45. The third kappa shape index (κ3) is 10.3. The highest BCUT2D eigenvalue weighted by molar-refractivity contribution is 7.50. The van der Waals surface area contributed by atoms with E-state index in [4.69, 9.17) is 10.8 Å². The number of aromatic hydroxyl groups is 1. The van der Waals surface area contributed by atoms with Crippen molar-refractivity contribution in [3.05, 3.63) is 29.8 Å². The van der Waals surface area contributed by atoms with E-state index in [0.717, 1.165) is 45.0 Å². The van der Waals surface area contributed by atoms with E-state index in [1.54, 1.807) is 0 Å². The van der Waals surface area contributed by atoms with Gasteiger partial charge in [-0.15, -0.1) is 0 Å². The second-order valence-corrected chi connectivity index (χ2v) is 12.5. The Balaban J connectivity index is 3.82. The van der Waals surface area contributed by atoms with Crippen LogP contribution >= 0.6 is 15.5 Å². The normalized spacial score (nSPS) is 16.0. The molecule has 1 rings (SSSR count). The molecule has 0 aliphatic rings. The molecule has 44 heavy (non-hydrogen) atoms. The van der Waals surface area contributed by atoms with Gasteiger partial charge in [0.25, 0.3) is 5.91 Å². The van der Waals surface area contributed by atoms with Crippen molar-refractivity contribution in [3.63, 3.8) is 0 Å². The predicted octanol–water partition coefficient (Wildman–Crippen LogP) is -3.69. The van der Waals surface area contributed by atoms with E-state index >= 15 is 0 Å². The number of carbonyl (C=O) groups excluding carboxylic acids is 4. The molecule has 0 saturated carbocycles. The fourth-order valence-electron chi connectivity index (χ4n) is 3.73. The highest BCUT2D eigenvalue weighted by atomic mass is 31.2. The van der Waals surface area contributed by atoms with Crippen molar-refractivity contribution in [3.8, 4) is 5.75 Å². The Morgan fingerprint density at radius 1 is 0.864 bits per heavy atom. The van der Waals surface area contributed by atoms with E-state index < -0.39 is 104 Å². The number of carbonyl (C=O) groups is 5. The minimum absolute atomic E-state index is 0.0193. The summed E-state index contributed by atoms with van der Waals surface area (Å²) in [5.41, 5.74) is 5.45. The number of carboxylic acid groups (broad SMARTS) is 1. The minimum atomic E-state index is -6.04. The van der Waals surface area contributed by atoms with Gasteiger partial charge in [-0.2, -0.15) is 0 Å². The number of phenols is 1. The lowest BCUT2D eigenvalue weighted by Crippen LogP contribution is -2.61. The molecule has 1 aromatic carbocycles. The number of hydrogen-bond acceptors (Lipinski definition) is 11. The Labute approximate surface area is 249 Å². The maximum Gasteiger partial charge on any atom is 0.433 e. The molecule has 0 aliphatic carbocycles. The number of nitrogens with two attached hydrogens (primary N) is 1. The molecule has 0 heterocycles. The molecule has 22 heteroatoms. The number of carboxylic acids is 1. The molecule has 12 N–H and O–H groups in total. The first-order valence-electron chi connectivity index (χ1n) is 12.5. The average molecular weight is 671 g/mol. The fraction of sp³-hybridized carbons (Fsp3) is 0.500. The van der Waals surface area contributed by atoms with Gasteiger partial charge in [0.2, 0.25) is 17.7 Å². The zero-order chi connectivity index (χ0) is 34.3. The first-order chi connectivity index (χ1) is 20.0. The second-order valence-electron chi connectivity index (χ2n) is 9.56. The van der Waals surface area contributed by atoms with Crippen LogP contribution in [-0.4, -0.2) is 122 Å². The Bertz CT molecular complexity index is 1310. The quantitative estimate of drug-likeness (QED) is 0.0799. The van der Waals surface area contributed by atoms with Crippen molar-refractivity contribution >= 4 is 45.1 Å². The molecule has 0 aliphatic heterocycles. The van der Waals surface area contributed by atoms with E-state index in [-0.39, 0.29) is 11.3 Å². The molecule has 0 fully saturated rings. The number of phenolic OH excluding ortho intramolecular Hbond substituents is 1. The molecular formula is C22H35N5O15P2. The van der Waals surface area contributed by atoms with Gasteiger partial charge in [-0.05, 0) is 38.5 Å². The standard InChI is InChI=1S/C22H35N5O15P2/c1-10(23)20(33)27(44(40,41)42)17(12(3)29)21(34)26(43(37,38)39)16(8-13-4-6-14(30)7-5-13)19(32)25-15(9-28)18(31)24-11(2)22(35)36/h4-7,10-12,15-17,28-30H,8-9,23H2,1-3H3,(H,24,31)(H,25,32)(H,35,36)(H2,37,38,39)(H2,40,41,42). The summed E-state index contributed by atoms with van der Waals surface area (Å²) in [5.74, 6) is -8.24. The summed E-state index contributed by atoms with van der Waals surface area (Å²) in [4.78, 5) is 104. The van der Waals surface area contributed by atoms with Gasteiger partial charge in [-0.3, -0.25) is 24.0 Å². The molecule has 0 bridgehead atoms. The number of hydrogen-bond donors (Lipinski definition) is 11. The van der Waals surface area contributed by atoms with Crippen LogP contribution in [0.15, 0.2) is 24.3 Å². The molecular weight excluding hydrogens is 636 g/mol. The maximum absolute atomic E-state index is 13.7. The van der Waals surface area contributed by atoms with Crippen molar-refractivity contribution in [2.75, 3.05) is 6.61 Å². The molecule has 6 unspecified atom stereocenters. The molecule has 0 aromatic heterocycles. The van der Waals surface area contributed by atoms with E-state index in [9.17, 15) is 68.0 Å². The first kappa shape index (κ1) is 38.6. The summed E-state index contributed by atoms with van der Waals surface area (Å²) < 4.78 is 24.1. The molecule has 0 spiro atoms. The van der Waals surface area contributed by atoms with Gasteiger partial charge < -0.3 is 56.4 Å². The average Bonchev–Trinajstić information content (AvgIpc) is 2.88. The van der Waals surface area contributed by atoms with Gasteiger partial charge in [-0.1, -0.05) is 12.1 Å². The van der Waals surface area contributed by atoms with Crippen molar-refractivity contribution in [1.82, 2.24) is 20.0 Å². The van der Waals surface area contributed by atoms with Crippen molar-refractivity contribution in [2.24, 2.45) is 5.73 Å². The molecule has 0 saturated heterocycles. The van der Waals surface area contributed by atoms with Crippen LogP contribution in [0.2, 0.25) is 0 Å². The van der Waals surface area contributed by atoms with Gasteiger partial charge in [0.1, 0.15) is 29.9 Å². The second kappa shape index (κ2) is 15.5. The van der Waals surface area contributed by atoms with E-state index in [1.807, 2.05) is 10.6 Å². The summed E-state index contributed by atoms with van der Waals surface area (Å²) in [5, 5.41) is 42.5. The summed E-state index contributed by atoms with van der Waals surface area (Å²) in [7, 11) is -11.9. The smallest absolute Gasteiger partial charge is 0.433 e. The van der Waals surface area contributed by atoms with Gasteiger partial charge >= 0.3 is 21.5 Å². The van der Waals surface area contributed by atoms with Crippen LogP contribution in [0.5, 0.6) is 5.75 Å². The first-order valence-corrected chi connectivity index (χ1v) is 15.6. The van der Waals surface area contributed by atoms with Crippen molar-refractivity contribution < 1.29 is 73.1 Å². The highest BCUT2D eigenvalue weighted by Gasteiger charge is 2.51. The number of aliphatic hydroxyl groups excluding tert-OH is 2. The fourth-order valence-corrected chi connectivity index (χ4v) is 5.71. The SMILES string of the molecule is CC(N)C(=O)N(C(C(=O)N(C(Cc1ccc(O)cc1)C(=O)NC(CO)C(=O)NC(C)C(=O)O)P(=O)(O)O)C(C)O)P(=O)(O)O. The van der Waals surface area contributed by atoms with Crippen LogP contribution in [0.1, 0.15) is 26.3 Å². The maximum atomic E-state index is 13.7. The lowest BCUT2D eigenvalue weighted by Gasteiger charge is -2.39. The summed E-state index contributed by atoms with van der Waals surface area (Å²) in [6, 6.07) is -5.76. The van der Waals surface area contributed by atoms with Crippen LogP contribution < -0.4 is 16.4 Å². The van der Waals surface area contributed by atoms with Crippen molar-refractivity contribution in [2.45, 2.75) is 63.5 Å². The Kier molecular flexibility index (Phi) is 13.6. The number of amides is 4. The summed E-state index contributed by atoms with van der Waals surface area (Å²) >= 11 is 0. The predicted molar refractivity (Wildman–Crippen MR) is 147 cm³/mol. The zero-order valence-electron chi connectivity index (χ0n) is 23.5. The van der Waals surface area contributed by atoms with Crippen LogP contribution in [0, 0.1) is 0 Å². The Morgan fingerprint density at radius 3 is 1.75 bits per heavy atom. The van der Waals surface area contributed by atoms with Gasteiger partial charge in [-0.25, -0.2) is 18.5 Å². The van der Waals surface area contributed by atoms with Crippen LogP contribution in [0.3, 0.4) is 0 Å². The van der Waals surface area contributed by atoms with E-state index in [2.05, 4.69) is 0 Å². The lowest BCUT2D eigenvalue weighted by molar-refractivity contribution is -0.147. The molecule has 6 atom stereocenters. The van der Waals surface area contributed by atoms with E-state index in [1.165, 1.54) is 0 Å².